The maximum absolute atomic E-state index is 12.3. The lowest BCUT2D eigenvalue weighted by Crippen LogP contribution is -2.27. The molecule has 2 aromatic heterocycles. The van der Waals surface area contributed by atoms with E-state index in [-0.39, 0.29) is 24.1 Å². The number of carbonyl (C=O) groups excluding carboxylic acids is 2. The summed E-state index contributed by atoms with van der Waals surface area (Å²) in [7, 11) is 1.62. The van der Waals surface area contributed by atoms with Gasteiger partial charge in [-0.3, -0.25) is 14.6 Å². The van der Waals surface area contributed by atoms with Crippen molar-refractivity contribution in [3.8, 4) is 5.75 Å². The smallest absolute Gasteiger partial charge is 0.269 e. The van der Waals surface area contributed by atoms with Gasteiger partial charge in [0.15, 0.2) is 0 Å². The van der Waals surface area contributed by atoms with Gasteiger partial charge in [-0.05, 0) is 48.4 Å². The van der Waals surface area contributed by atoms with E-state index in [2.05, 4.69) is 15.6 Å². The first-order valence-corrected chi connectivity index (χ1v) is 8.83. The molecule has 0 bridgehead atoms. The Labute approximate surface area is 162 Å². The second-order valence-electron chi connectivity index (χ2n) is 6.05. The zero-order chi connectivity index (χ0) is 19.8. The minimum Gasteiger partial charge on any atom is -0.497 e. The first-order valence-electron chi connectivity index (χ1n) is 8.83. The van der Waals surface area contributed by atoms with Gasteiger partial charge in [0, 0.05) is 18.3 Å². The molecule has 0 aliphatic heterocycles. The van der Waals surface area contributed by atoms with Crippen molar-refractivity contribution < 1.29 is 18.7 Å². The fourth-order valence-electron chi connectivity index (χ4n) is 2.62. The minimum atomic E-state index is -0.330. The predicted molar refractivity (Wildman–Crippen MR) is 103 cm³/mol. The second kappa shape index (κ2) is 9.36. The number of pyridine rings is 1. The van der Waals surface area contributed by atoms with E-state index in [1.807, 2.05) is 24.3 Å². The van der Waals surface area contributed by atoms with Crippen LogP contribution in [0.3, 0.4) is 0 Å². The van der Waals surface area contributed by atoms with Crippen LogP contribution in [0.2, 0.25) is 0 Å². The number of methoxy groups -OCH3 is 1. The van der Waals surface area contributed by atoms with Crippen molar-refractivity contribution in [2.75, 3.05) is 13.7 Å². The maximum atomic E-state index is 12.3. The first-order chi connectivity index (χ1) is 13.7. The number of hydrogen-bond donors (Lipinski definition) is 2. The van der Waals surface area contributed by atoms with Crippen LogP contribution in [-0.2, 0) is 13.0 Å². The maximum Gasteiger partial charge on any atom is 0.269 e. The molecule has 0 radical (unpaired) electrons. The number of carbonyl (C=O) groups is 2. The molecule has 0 fully saturated rings. The third-order valence-electron chi connectivity index (χ3n) is 4.09. The SMILES string of the molecule is COc1cccc(CCNC(=O)c2cc(C(=O)NCc3ccco3)ccn2)c1. The van der Waals surface area contributed by atoms with Crippen molar-refractivity contribution in [1.29, 1.82) is 0 Å². The van der Waals surface area contributed by atoms with Crippen molar-refractivity contribution in [2.45, 2.75) is 13.0 Å². The molecule has 7 nitrogen and oxygen atoms in total. The highest BCUT2D eigenvalue weighted by Crippen LogP contribution is 2.12. The van der Waals surface area contributed by atoms with Gasteiger partial charge in [0.2, 0.25) is 0 Å². The molecule has 0 aliphatic carbocycles. The molecule has 0 unspecified atom stereocenters. The molecule has 2 heterocycles. The highest BCUT2D eigenvalue weighted by molar-refractivity contribution is 5.98. The van der Waals surface area contributed by atoms with Gasteiger partial charge in [-0.2, -0.15) is 0 Å². The highest BCUT2D eigenvalue weighted by Gasteiger charge is 2.12. The number of ether oxygens (including phenoxy) is 1. The first kappa shape index (κ1) is 19.2. The number of amides is 2. The molecule has 28 heavy (non-hydrogen) atoms. The highest BCUT2D eigenvalue weighted by atomic mass is 16.5. The monoisotopic (exact) mass is 379 g/mol. The van der Waals surface area contributed by atoms with Gasteiger partial charge in [0.05, 0.1) is 19.9 Å². The lowest BCUT2D eigenvalue weighted by molar-refractivity contribution is 0.0948. The van der Waals surface area contributed by atoms with Gasteiger partial charge in [-0.15, -0.1) is 0 Å². The largest absolute Gasteiger partial charge is 0.497 e. The van der Waals surface area contributed by atoms with Crippen LogP contribution in [0.5, 0.6) is 5.75 Å². The molecule has 2 N–H and O–H groups in total. The summed E-state index contributed by atoms with van der Waals surface area (Å²) in [5.41, 5.74) is 1.61. The fraction of sp³-hybridized carbons (Fsp3) is 0.190. The van der Waals surface area contributed by atoms with Crippen molar-refractivity contribution in [3.05, 3.63) is 83.6 Å². The summed E-state index contributed by atoms with van der Waals surface area (Å²) in [6.07, 6.45) is 3.65. The van der Waals surface area contributed by atoms with Crippen LogP contribution in [0, 0.1) is 0 Å². The average molecular weight is 379 g/mol. The molecule has 0 saturated carbocycles. The van der Waals surface area contributed by atoms with Gasteiger partial charge in [-0.25, -0.2) is 0 Å². The van der Waals surface area contributed by atoms with E-state index in [1.165, 1.54) is 12.3 Å². The number of benzene rings is 1. The Morgan fingerprint density at radius 2 is 1.96 bits per heavy atom. The van der Waals surface area contributed by atoms with Gasteiger partial charge in [0.25, 0.3) is 11.8 Å². The van der Waals surface area contributed by atoms with Gasteiger partial charge >= 0.3 is 0 Å². The Bertz CT molecular complexity index is 938. The molecule has 7 heteroatoms. The van der Waals surface area contributed by atoms with E-state index >= 15 is 0 Å². The Balaban J connectivity index is 1.53. The van der Waals surface area contributed by atoms with Crippen molar-refractivity contribution >= 4 is 11.8 Å². The van der Waals surface area contributed by atoms with Gasteiger partial charge < -0.3 is 19.8 Å². The number of nitrogens with zero attached hydrogens (tertiary/aromatic N) is 1. The summed E-state index contributed by atoms with van der Waals surface area (Å²) in [5.74, 6) is 0.796. The lowest BCUT2D eigenvalue weighted by Gasteiger charge is -2.08. The Morgan fingerprint density at radius 1 is 1.07 bits per heavy atom. The van der Waals surface area contributed by atoms with Crippen LogP contribution >= 0.6 is 0 Å². The number of aromatic nitrogens is 1. The third-order valence-corrected chi connectivity index (χ3v) is 4.09. The van der Waals surface area contributed by atoms with E-state index < -0.39 is 0 Å². The zero-order valence-corrected chi connectivity index (χ0v) is 15.5. The quantitative estimate of drug-likeness (QED) is 0.627. The van der Waals surface area contributed by atoms with E-state index in [0.29, 0.717) is 24.3 Å². The second-order valence-corrected chi connectivity index (χ2v) is 6.05. The molecule has 3 aromatic rings. The lowest BCUT2D eigenvalue weighted by atomic mass is 10.1. The molecule has 1 aromatic carbocycles. The molecule has 3 rings (SSSR count). The van der Waals surface area contributed by atoms with E-state index in [9.17, 15) is 9.59 Å². The molecular formula is C21H21N3O4. The zero-order valence-electron chi connectivity index (χ0n) is 15.5. The van der Waals surface area contributed by atoms with Crippen LogP contribution in [0.25, 0.3) is 0 Å². The van der Waals surface area contributed by atoms with Crippen LogP contribution in [0.4, 0.5) is 0 Å². The minimum absolute atomic E-state index is 0.191. The van der Waals surface area contributed by atoms with Crippen molar-refractivity contribution in [3.63, 3.8) is 0 Å². The predicted octanol–water partition coefficient (Wildman–Crippen LogP) is 2.59. The normalized spacial score (nSPS) is 10.3. The van der Waals surface area contributed by atoms with Gasteiger partial charge in [-0.1, -0.05) is 12.1 Å². The third kappa shape index (κ3) is 5.20. The molecule has 0 aliphatic rings. The Morgan fingerprint density at radius 3 is 2.75 bits per heavy atom. The molecule has 144 valence electrons. The molecule has 0 spiro atoms. The molecule has 0 atom stereocenters. The number of furan rings is 1. The van der Waals surface area contributed by atoms with Crippen LogP contribution in [-0.4, -0.2) is 30.5 Å². The summed E-state index contributed by atoms with van der Waals surface area (Å²) in [5, 5.41) is 5.56. The Hall–Kier alpha value is -3.61. The number of rotatable bonds is 8. The summed E-state index contributed by atoms with van der Waals surface area (Å²) >= 11 is 0. The number of hydrogen-bond acceptors (Lipinski definition) is 5. The van der Waals surface area contributed by atoms with Crippen LogP contribution in [0.1, 0.15) is 32.2 Å². The van der Waals surface area contributed by atoms with Crippen LogP contribution in [0.15, 0.2) is 65.4 Å². The van der Waals surface area contributed by atoms with E-state index in [0.717, 1.165) is 11.3 Å². The standard InChI is InChI=1S/C21H21N3O4/c1-27-17-5-2-4-15(12-17)7-9-23-21(26)19-13-16(8-10-22-19)20(25)24-14-18-6-3-11-28-18/h2-6,8,10-13H,7,9,14H2,1H3,(H,23,26)(H,24,25). The Kier molecular flexibility index (Phi) is 6.41. The topological polar surface area (TPSA) is 93.5 Å². The summed E-state index contributed by atoms with van der Waals surface area (Å²) in [6, 6.07) is 14.2. The number of nitrogens with one attached hydrogen (secondary N) is 2. The van der Waals surface area contributed by atoms with E-state index in [4.69, 9.17) is 9.15 Å². The summed E-state index contributed by atoms with van der Waals surface area (Å²) in [4.78, 5) is 28.6. The fourth-order valence-corrected chi connectivity index (χ4v) is 2.62. The van der Waals surface area contributed by atoms with Crippen molar-refractivity contribution in [2.24, 2.45) is 0 Å². The summed E-state index contributed by atoms with van der Waals surface area (Å²) < 4.78 is 10.4. The van der Waals surface area contributed by atoms with Crippen molar-refractivity contribution in [1.82, 2.24) is 15.6 Å². The molecule has 0 saturated heterocycles. The summed E-state index contributed by atoms with van der Waals surface area (Å²) in [6.45, 7) is 0.721. The average Bonchev–Trinajstić information content (AvgIpc) is 3.26. The van der Waals surface area contributed by atoms with E-state index in [1.54, 1.807) is 31.6 Å². The van der Waals surface area contributed by atoms with Gasteiger partial charge in [0.1, 0.15) is 17.2 Å². The molecule has 2 amide bonds. The van der Waals surface area contributed by atoms with Crippen LogP contribution < -0.4 is 15.4 Å². The molecular weight excluding hydrogens is 358 g/mol.